The monoisotopic (exact) mass is 600 g/mol. The zero-order valence-electron chi connectivity index (χ0n) is 23.8. The van der Waals surface area contributed by atoms with Crippen molar-refractivity contribution in [2.75, 3.05) is 30.0 Å². The van der Waals surface area contributed by atoms with Crippen LogP contribution in [0.2, 0.25) is 5.02 Å². The molecule has 2 aromatic carbocycles. The third kappa shape index (κ3) is 5.37. The predicted molar refractivity (Wildman–Crippen MR) is 170 cm³/mol. The summed E-state index contributed by atoms with van der Waals surface area (Å²) in [6.07, 6.45) is 3.00. The highest BCUT2D eigenvalue weighted by Crippen LogP contribution is 2.45. The number of carbonyl (C=O) groups excluding carboxylic acids is 1. The molecule has 0 bridgehead atoms. The molecule has 1 N–H and O–H groups in total. The Bertz CT molecular complexity index is 1600. The van der Waals surface area contributed by atoms with E-state index in [0.29, 0.717) is 44.6 Å². The van der Waals surface area contributed by atoms with Crippen molar-refractivity contribution < 1.29 is 13.9 Å². The Kier molecular flexibility index (Phi) is 7.92. The SMILES string of the molecule is COC(=O)c1ccccc1-c1ccc([C@@H]2[C@H](c3ccccn3)NC(=S)N2c2ccc(N3C[C@H](C)C[C@@H](C)C3)c(Cl)c2)o1. The first-order valence-corrected chi connectivity index (χ1v) is 14.9. The van der Waals surface area contributed by atoms with Gasteiger partial charge in [-0.1, -0.05) is 49.7 Å². The fraction of sp³-hybridized carbons (Fsp3) is 0.303. The lowest BCUT2D eigenvalue weighted by atomic mass is 9.91. The van der Waals surface area contributed by atoms with Crippen LogP contribution in [0, 0.1) is 11.8 Å². The number of esters is 1. The van der Waals surface area contributed by atoms with Gasteiger partial charge < -0.3 is 24.3 Å². The summed E-state index contributed by atoms with van der Waals surface area (Å²) >= 11 is 12.9. The maximum atomic E-state index is 12.5. The van der Waals surface area contributed by atoms with Crippen LogP contribution in [0.15, 0.2) is 83.4 Å². The first kappa shape index (κ1) is 28.2. The lowest BCUT2D eigenvalue weighted by Crippen LogP contribution is -2.38. The summed E-state index contributed by atoms with van der Waals surface area (Å²) in [5, 5.41) is 4.70. The highest BCUT2D eigenvalue weighted by atomic mass is 35.5. The van der Waals surface area contributed by atoms with Gasteiger partial charge in [-0.05, 0) is 79.0 Å². The molecular weight excluding hydrogens is 568 g/mol. The molecular formula is C33H33ClN4O3S. The number of pyridine rings is 1. The number of nitrogens with one attached hydrogen (secondary N) is 1. The molecule has 0 radical (unpaired) electrons. The molecule has 0 saturated carbocycles. The molecule has 2 fully saturated rings. The Hall–Kier alpha value is -3.88. The van der Waals surface area contributed by atoms with E-state index < -0.39 is 5.97 Å². The standard InChI is InChI=1S/C33H33ClN4O3S/c1-20-16-21(2)19-37(18-20)27-12-11-22(17-25(27)34)38-31(30(36-33(38)42)26-10-6-7-15-35-26)29-14-13-28(41-29)23-8-4-5-9-24(23)32(39)40-3/h4-15,17,20-21,30-31H,16,18-19H2,1-3H3,(H,36,42)/t20-,21-,30+,31-/m1/s1. The molecule has 2 aromatic heterocycles. The minimum Gasteiger partial charge on any atom is -0.465 e. The third-order valence-corrected chi connectivity index (χ3v) is 8.65. The number of furan rings is 1. The molecule has 2 aliphatic heterocycles. The second kappa shape index (κ2) is 11.8. The normalized spacial score (nSPS) is 22.2. The molecule has 4 heterocycles. The van der Waals surface area contributed by atoms with E-state index in [9.17, 15) is 4.79 Å². The van der Waals surface area contributed by atoms with Gasteiger partial charge in [0, 0.05) is 30.5 Å². The smallest absolute Gasteiger partial charge is 0.338 e. The van der Waals surface area contributed by atoms with Gasteiger partial charge in [-0.25, -0.2) is 4.79 Å². The summed E-state index contributed by atoms with van der Waals surface area (Å²) in [6, 6.07) is 22.4. The molecule has 0 aliphatic carbocycles. The molecule has 0 unspecified atom stereocenters. The third-order valence-electron chi connectivity index (χ3n) is 8.03. The van der Waals surface area contributed by atoms with E-state index in [2.05, 4.69) is 41.2 Å². The van der Waals surface area contributed by atoms with Gasteiger partial charge in [-0.2, -0.15) is 0 Å². The fourth-order valence-electron chi connectivity index (χ4n) is 6.33. The van der Waals surface area contributed by atoms with E-state index >= 15 is 0 Å². The van der Waals surface area contributed by atoms with Gasteiger partial charge in [-0.15, -0.1) is 0 Å². The number of hydrogen-bond donors (Lipinski definition) is 1. The second-order valence-corrected chi connectivity index (χ2v) is 12.0. The Morgan fingerprint density at radius 1 is 1.05 bits per heavy atom. The van der Waals surface area contributed by atoms with Gasteiger partial charge in [0.05, 0.1) is 35.1 Å². The number of thiocarbonyl (C=S) groups is 1. The van der Waals surface area contributed by atoms with Crippen molar-refractivity contribution in [3.63, 3.8) is 0 Å². The van der Waals surface area contributed by atoms with E-state index in [1.807, 2.05) is 53.4 Å². The number of nitrogens with zero attached hydrogens (tertiary/aromatic N) is 3. The summed E-state index contributed by atoms with van der Waals surface area (Å²) in [6.45, 7) is 6.56. The average Bonchev–Trinajstić information content (AvgIpc) is 3.61. The van der Waals surface area contributed by atoms with Crippen molar-refractivity contribution in [3.8, 4) is 11.3 Å². The Labute approximate surface area is 256 Å². The van der Waals surface area contributed by atoms with Crippen molar-refractivity contribution >= 4 is 46.3 Å². The number of piperidine rings is 1. The van der Waals surface area contributed by atoms with Crippen LogP contribution in [0.25, 0.3) is 11.3 Å². The van der Waals surface area contributed by atoms with Gasteiger partial charge in [0.2, 0.25) is 0 Å². The van der Waals surface area contributed by atoms with Crippen LogP contribution in [0.5, 0.6) is 0 Å². The highest BCUT2D eigenvalue weighted by Gasteiger charge is 2.43. The first-order valence-electron chi connectivity index (χ1n) is 14.2. The molecule has 6 rings (SSSR count). The zero-order valence-corrected chi connectivity index (χ0v) is 25.4. The number of carbonyl (C=O) groups is 1. The van der Waals surface area contributed by atoms with Gasteiger partial charge >= 0.3 is 5.97 Å². The summed E-state index contributed by atoms with van der Waals surface area (Å²) in [5.41, 5.74) is 3.81. The molecule has 2 saturated heterocycles. The molecule has 216 valence electrons. The van der Waals surface area contributed by atoms with E-state index in [1.54, 1.807) is 18.3 Å². The molecule has 42 heavy (non-hydrogen) atoms. The molecule has 0 spiro atoms. The minimum absolute atomic E-state index is 0.282. The largest absolute Gasteiger partial charge is 0.465 e. The molecule has 0 amide bonds. The van der Waals surface area contributed by atoms with E-state index in [1.165, 1.54) is 13.5 Å². The van der Waals surface area contributed by atoms with Gasteiger partial charge in [-0.3, -0.25) is 4.98 Å². The number of hydrogen-bond acceptors (Lipinski definition) is 6. The number of aromatic nitrogens is 1. The Morgan fingerprint density at radius 3 is 2.52 bits per heavy atom. The first-order chi connectivity index (χ1) is 20.3. The van der Waals surface area contributed by atoms with Gasteiger partial charge in [0.15, 0.2) is 5.11 Å². The second-order valence-electron chi connectivity index (χ2n) is 11.2. The number of anilines is 2. The summed E-state index contributed by atoms with van der Waals surface area (Å²) in [7, 11) is 1.37. The van der Waals surface area contributed by atoms with Gasteiger partial charge in [0.25, 0.3) is 0 Å². The summed E-state index contributed by atoms with van der Waals surface area (Å²) < 4.78 is 11.5. The van der Waals surface area contributed by atoms with Crippen molar-refractivity contribution in [1.29, 1.82) is 0 Å². The number of halogens is 1. The molecule has 9 heteroatoms. The minimum atomic E-state index is -0.424. The number of rotatable bonds is 6. The maximum absolute atomic E-state index is 12.5. The number of methoxy groups -OCH3 is 1. The van der Waals surface area contributed by atoms with Crippen molar-refractivity contribution in [3.05, 3.63) is 101 Å². The van der Waals surface area contributed by atoms with E-state index in [-0.39, 0.29) is 12.1 Å². The van der Waals surface area contributed by atoms with Crippen LogP contribution in [-0.2, 0) is 4.74 Å². The quantitative estimate of drug-likeness (QED) is 0.181. The van der Waals surface area contributed by atoms with Crippen LogP contribution in [0.4, 0.5) is 11.4 Å². The van der Waals surface area contributed by atoms with E-state index in [0.717, 1.165) is 30.2 Å². The van der Waals surface area contributed by atoms with Crippen LogP contribution in [0.3, 0.4) is 0 Å². The number of benzene rings is 2. The number of ether oxygens (including phenoxy) is 1. The fourth-order valence-corrected chi connectivity index (χ4v) is 6.97. The van der Waals surface area contributed by atoms with Crippen LogP contribution in [0.1, 0.15) is 54.2 Å². The highest BCUT2D eigenvalue weighted by molar-refractivity contribution is 7.80. The van der Waals surface area contributed by atoms with Gasteiger partial charge in [0.1, 0.15) is 17.6 Å². The lowest BCUT2D eigenvalue weighted by Gasteiger charge is -2.37. The lowest BCUT2D eigenvalue weighted by molar-refractivity contribution is 0.0601. The zero-order chi connectivity index (χ0) is 29.4. The molecule has 4 atom stereocenters. The topological polar surface area (TPSA) is 70.8 Å². The van der Waals surface area contributed by atoms with Crippen molar-refractivity contribution in [2.24, 2.45) is 11.8 Å². The predicted octanol–water partition coefficient (Wildman–Crippen LogP) is 7.44. The Morgan fingerprint density at radius 2 is 1.81 bits per heavy atom. The summed E-state index contributed by atoms with van der Waals surface area (Å²) in [4.78, 5) is 21.5. The van der Waals surface area contributed by atoms with Crippen molar-refractivity contribution in [1.82, 2.24) is 10.3 Å². The van der Waals surface area contributed by atoms with Crippen LogP contribution in [-0.4, -0.2) is 36.3 Å². The Balaban J connectivity index is 1.40. The summed E-state index contributed by atoms with van der Waals surface area (Å²) in [5.74, 6) is 2.03. The van der Waals surface area contributed by atoms with Crippen molar-refractivity contribution in [2.45, 2.75) is 32.4 Å². The molecule has 7 nitrogen and oxygen atoms in total. The van der Waals surface area contributed by atoms with E-state index in [4.69, 9.17) is 33.0 Å². The van der Waals surface area contributed by atoms with Crippen LogP contribution >= 0.6 is 23.8 Å². The van der Waals surface area contributed by atoms with Crippen LogP contribution < -0.4 is 15.1 Å². The average molecular weight is 601 g/mol. The molecule has 2 aliphatic rings. The molecule has 4 aromatic rings. The maximum Gasteiger partial charge on any atom is 0.338 e.